The Kier molecular flexibility index (Phi) is 11.8. The maximum absolute atomic E-state index is 10.7. The van der Waals surface area contributed by atoms with Gasteiger partial charge < -0.3 is 19.3 Å². The molecule has 0 aliphatic rings. The lowest BCUT2D eigenvalue weighted by Gasteiger charge is -2.08. The summed E-state index contributed by atoms with van der Waals surface area (Å²) in [5.74, 6) is 0.793. The van der Waals surface area contributed by atoms with Crippen molar-refractivity contribution in [1.29, 1.82) is 0 Å². The topological polar surface area (TPSA) is 76.0 Å². The Morgan fingerprint density at radius 2 is 1.52 bits per heavy atom. The lowest BCUT2D eigenvalue weighted by molar-refractivity contribution is 0.109. The van der Waals surface area contributed by atoms with Crippen LogP contribution < -0.4 is 4.74 Å². The van der Waals surface area contributed by atoms with E-state index in [1.165, 1.54) is 50.5 Å². The Bertz CT molecular complexity index is 483. The van der Waals surface area contributed by atoms with Crippen molar-refractivity contribution in [3.63, 3.8) is 0 Å². The zero-order valence-corrected chi connectivity index (χ0v) is 16.3. The molecule has 2 N–H and O–H groups in total. The molecule has 0 amide bonds. The van der Waals surface area contributed by atoms with Gasteiger partial charge in [0.05, 0.1) is 19.4 Å². The Morgan fingerprint density at radius 1 is 0.880 bits per heavy atom. The minimum Gasteiger partial charge on any atom is -0.491 e. The highest BCUT2D eigenvalue weighted by Crippen LogP contribution is 2.33. The van der Waals surface area contributed by atoms with Crippen molar-refractivity contribution in [3.05, 3.63) is 29.8 Å². The normalized spacial score (nSPS) is 11.6. The van der Waals surface area contributed by atoms with Gasteiger partial charge in [0, 0.05) is 0 Å². The molecule has 0 bridgehead atoms. The van der Waals surface area contributed by atoms with E-state index in [0.29, 0.717) is 13.2 Å². The largest absolute Gasteiger partial charge is 0.491 e. The highest BCUT2D eigenvalue weighted by Gasteiger charge is 2.11. The molecule has 1 rings (SSSR count). The molecule has 0 spiro atoms. The van der Waals surface area contributed by atoms with Crippen molar-refractivity contribution < 1.29 is 23.8 Å². The average Bonchev–Trinajstić information content (AvgIpc) is 2.57. The van der Waals surface area contributed by atoms with Crippen molar-refractivity contribution in [3.8, 4) is 5.75 Å². The Morgan fingerprint density at radius 3 is 2.16 bits per heavy atom. The summed E-state index contributed by atoms with van der Waals surface area (Å²) in [7, 11) is -3.96. The second kappa shape index (κ2) is 13.3. The molecule has 0 aliphatic heterocycles. The van der Waals surface area contributed by atoms with E-state index in [9.17, 15) is 4.57 Å². The number of hydrogen-bond acceptors (Lipinski definition) is 3. The highest BCUT2D eigenvalue weighted by molar-refractivity contribution is 7.51. The molecule has 0 fully saturated rings. The van der Waals surface area contributed by atoms with Crippen LogP contribution in [0.2, 0.25) is 0 Å². The first-order valence-corrected chi connectivity index (χ1v) is 11.1. The van der Waals surface area contributed by atoms with Crippen LogP contribution in [0.25, 0.3) is 0 Å². The second-order valence-electron chi connectivity index (χ2n) is 6.36. The van der Waals surface area contributed by atoms with Gasteiger partial charge in [0.25, 0.3) is 0 Å². The standard InChI is InChI=1S/C19H33O5P/c1-2-3-4-5-6-7-8-9-18-10-12-19(13-11-18)24-15-14-23-16-17-25(20,21)22/h10-13H,2-9,14-17H2,1H3,(H2,20,21,22). The fourth-order valence-electron chi connectivity index (χ4n) is 2.54. The third-order valence-corrected chi connectivity index (χ3v) is 4.78. The number of hydrogen-bond donors (Lipinski definition) is 2. The quantitative estimate of drug-likeness (QED) is 0.349. The van der Waals surface area contributed by atoms with Crippen LogP contribution in [0.15, 0.2) is 24.3 Å². The van der Waals surface area contributed by atoms with E-state index in [0.717, 1.165) is 12.2 Å². The van der Waals surface area contributed by atoms with E-state index in [1.807, 2.05) is 12.1 Å². The van der Waals surface area contributed by atoms with Gasteiger partial charge in [-0.3, -0.25) is 4.57 Å². The van der Waals surface area contributed by atoms with Crippen LogP contribution in [0.3, 0.4) is 0 Å². The lowest BCUT2D eigenvalue weighted by atomic mass is 10.0. The summed E-state index contributed by atoms with van der Waals surface area (Å²) in [4.78, 5) is 17.4. The van der Waals surface area contributed by atoms with Gasteiger partial charge in [-0.2, -0.15) is 0 Å². The minimum absolute atomic E-state index is 0.0466. The van der Waals surface area contributed by atoms with E-state index in [1.54, 1.807) is 0 Å². The third-order valence-electron chi connectivity index (χ3n) is 4.02. The lowest BCUT2D eigenvalue weighted by Crippen LogP contribution is -2.09. The molecular weight excluding hydrogens is 339 g/mol. The van der Waals surface area contributed by atoms with Crippen LogP contribution in [0.4, 0.5) is 0 Å². The highest BCUT2D eigenvalue weighted by atomic mass is 31.2. The molecule has 0 saturated heterocycles. The third kappa shape index (κ3) is 13.1. The summed E-state index contributed by atoms with van der Waals surface area (Å²) in [6, 6.07) is 8.13. The molecule has 0 unspecified atom stereocenters. The van der Waals surface area contributed by atoms with Crippen molar-refractivity contribution in [2.24, 2.45) is 0 Å². The minimum atomic E-state index is -3.96. The van der Waals surface area contributed by atoms with Gasteiger partial charge >= 0.3 is 7.60 Å². The van der Waals surface area contributed by atoms with Gasteiger partial charge in [-0.05, 0) is 30.5 Å². The predicted molar refractivity (Wildman–Crippen MR) is 101 cm³/mol. The monoisotopic (exact) mass is 372 g/mol. The molecule has 1 aromatic rings. The number of benzene rings is 1. The maximum Gasteiger partial charge on any atom is 0.327 e. The number of rotatable bonds is 15. The zero-order valence-electron chi connectivity index (χ0n) is 15.4. The number of unbranched alkanes of at least 4 members (excludes halogenated alkanes) is 6. The van der Waals surface area contributed by atoms with Crippen molar-refractivity contribution in [2.45, 2.75) is 58.3 Å². The smallest absolute Gasteiger partial charge is 0.327 e. The number of aryl methyl sites for hydroxylation is 1. The molecule has 144 valence electrons. The summed E-state index contributed by atoms with van der Waals surface area (Å²) in [6.45, 7) is 2.98. The van der Waals surface area contributed by atoms with Crippen LogP contribution in [0.1, 0.15) is 57.4 Å². The molecule has 0 aromatic heterocycles. The summed E-state index contributed by atoms with van der Waals surface area (Å²) in [6.07, 6.45) is 10.1. The van der Waals surface area contributed by atoms with E-state index in [-0.39, 0.29) is 12.8 Å². The first-order chi connectivity index (χ1) is 12.0. The summed E-state index contributed by atoms with van der Waals surface area (Å²) in [5, 5.41) is 0. The predicted octanol–water partition coefficient (Wildman–Crippen LogP) is 4.55. The first kappa shape index (κ1) is 22.2. The SMILES string of the molecule is CCCCCCCCCc1ccc(OCCOCCP(=O)(O)O)cc1. The summed E-state index contributed by atoms with van der Waals surface area (Å²) in [5.41, 5.74) is 1.33. The molecule has 0 saturated carbocycles. The molecule has 25 heavy (non-hydrogen) atoms. The molecule has 0 aliphatic carbocycles. The molecule has 0 heterocycles. The molecule has 6 heteroatoms. The van der Waals surface area contributed by atoms with Crippen LogP contribution in [-0.2, 0) is 15.7 Å². The second-order valence-corrected chi connectivity index (χ2v) is 8.14. The van der Waals surface area contributed by atoms with Crippen LogP contribution in [-0.4, -0.2) is 35.8 Å². The van der Waals surface area contributed by atoms with E-state index in [4.69, 9.17) is 19.3 Å². The zero-order chi connectivity index (χ0) is 18.4. The van der Waals surface area contributed by atoms with Gasteiger partial charge in [0.15, 0.2) is 0 Å². The van der Waals surface area contributed by atoms with Gasteiger partial charge in [0.2, 0.25) is 0 Å². The Hall–Kier alpha value is -0.870. The first-order valence-electron chi connectivity index (χ1n) is 9.35. The van der Waals surface area contributed by atoms with E-state index >= 15 is 0 Å². The van der Waals surface area contributed by atoms with Gasteiger partial charge in [-0.1, -0.05) is 57.6 Å². The van der Waals surface area contributed by atoms with Crippen molar-refractivity contribution in [1.82, 2.24) is 0 Å². The maximum atomic E-state index is 10.7. The molecular formula is C19H33O5P. The summed E-state index contributed by atoms with van der Waals surface area (Å²) < 4.78 is 21.3. The van der Waals surface area contributed by atoms with Crippen LogP contribution in [0, 0.1) is 0 Å². The Labute approximate surface area is 151 Å². The number of ether oxygens (including phenoxy) is 2. The van der Waals surface area contributed by atoms with Crippen LogP contribution >= 0.6 is 7.60 Å². The molecule has 0 atom stereocenters. The summed E-state index contributed by atoms with van der Waals surface area (Å²) >= 11 is 0. The van der Waals surface area contributed by atoms with Crippen molar-refractivity contribution >= 4 is 7.60 Å². The van der Waals surface area contributed by atoms with Gasteiger partial charge in [0.1, 0.15) is 12.4 Å². The molecule has 0 radical (unpaired) electrons. The molecule has 1 aromatic carbocycles. The van der Waals surface area contributed by atoms with Crippen LogP contribution in [0.5, 0.6) is 5.75 Å². The Balaban J connectivity index is 2.06. The van der Waals surface area contributed by atoms with E-state index in [2.05, 4.69) is 19.1 Å². The van der Waals surface area contributed by atoms with Gasteiger partial charge in [-0.15, -0.1) is 0 Å². The molecule has 5 nitrogen and oxygen atoms in total. The van der Waals surface area contributed by atoms with E-state index < -0.39 is 7.60 Å². The van der Waals surface area contributed by atoms with Crippen molar-refractivity contribution in [2.75, 3.05) is 26.0 Å². The van der Waals surface area contributed by atoms with Gasteiger partial charge in [-0.25, -0.2) is 0 Å². The fourth-order valence-corrected chi connectivity index (χ4v) is 2.91. The average molecular weight is 372 g/mol. The fraction of sp³-hybridized carbons (Fsp3) is 0.684.